The average molecular weight is 1160 g/mol. The van der Waals surface area contributed by atoms with Crippen molar-refractivity contribution in [1.29, 1.82) is 0 Å². The van der Waals surface area contributed by atoms with Crippen LogP contribution in [0.4, 0.5) is 0 Å². The first-order chi connectivity index (χ1) is 38.4. The molecule has 2 unspecified atom stereocenters. The number of aliphatic imine (C=N–C) groups is 2. The van der Waals surface area contributed by atoms with Crippen LogP contribution in [0.5, 0.6) is 0 Å². The standard InChI is InChI=1S/C13H16N2S.2C12H7ClN2S.C12H14N2S.C12H8N2S/c1-9-10-4-2-3-5-11(10)13(16-9)12-6-7-14-8-15-12;13-9-1-2-10-8(5-9)6-16-12(10)11-3-4-14-7-15-11;13-9-2-1-8-6-16-12(10(8)5-9)11-3-4-14-7-15-11;2*1-2-4-10-9(3-1)7-15-12(10)11-5-6-13-8-14-11/h6-8,12H,2-5H2,1H3,(H,14,15);2*1-7H;5-8,11H,1-4H2,(H,13,14);1-8H. The Kier molecular flexibility index (Phi) is 17.6. The molecule has 8 aromatic heterocycles. The number of benzene rings is 3. The first kappa shape index (κ1) is 53.2. The highest BCUT2D eigenvalue weighted by molar-refractivity contribution is 7.16. The number of rotatable bonds is 5. The molecule has 11 aromatic rings. The van der Waals surface area contributed by atoms with Crippen molar-refractivity contribution in [3.8, 4) is 31.7 Å². The molecule has 78 heavy (non-hydrogen) atoms. The lowest BCUT2D eigenvalue weighted by Crippen LogP contribution is -2.10. The second-order valence-corrected chi connectivity index (χ2v) is 24.2. The molecule has 0 saturated heterocycles. The van der Waals surface area contributed by atoms with Crippen molar-refractivity contribution >= 4 is 125 Å². The summed E-state index contributed by atoms with van der Waals surface area (Å²) in [4.78, 5) is 41.5. The number of fused-ring (bicyclic) bond motifs is 5. The summed E-state index contributed by atoms with van der Waals surface area (Å²) in [6.45, 7) is 2.26. The summed E-state index contributed by atoms with van der Waals surface area (Å²) in [6, 6.07) is 26.5. The van der Waals surface area contributed by atoms with E-state index in [0.717, 1.165) is 47.7 Å². The van der Waals surface area contributed by atoms with Gasteiger partial charge in [-0.2, -0.15) is 0 Å². The zero-order chi connectivity index (χ0) is 53.0. The number of halogens is 2. The Balaban J connectivity index is 0.000000103. The Labute approximate surface area is 483 Å². The smallest absolute Gasteiger partial charge is 0.116 e. The Hall–Kier alpha value is -6.82. The van der Waals surface area contributed by atoms with Crippen LogP contribution in [0.1, 0.15) is 74.7 Å². The zero-order valence-electron chi connectivity index (χ0n) is 42.4. The maximum atomic E-state index is 6.01. The lowest BCUT2D eigenvalue weighted by molar-refractivity contribution is 0.678. The molecule has 0 radical (unpaired) electrons. The van der Waals surface area contributed by atoms with E-state index in [0.29, 0.717) is 0 Å². The fourth-order valence-corrected chi connectivity index (χ4v) is 15.6. The molecule has 0 spiro atoms. The van der Waals surface area contributed by atoms with Crippen LogP contribution < -0.4 is 10.6 Å². The van der Waals surface area contributed by atoms with Crippen LogP contribution >= 0.6 is 79.9 Å². The van der Waals surface area contributed by atoms with Crippen molar-refractivity contribution in [1.82, 2.24) is 40.5 Å². The molecule has 2 atom stereocenters. The third-order valence-electron chi connectivity index (χ3n) is 13.6. The van der Waals surface area contributed by atoms with E-state index in [1.165, 1.54) is 92.4 Å². The zero-order valence-corrected chi connectivity index (χ0v) is 48.0. The SMILES string of the molecule is C1=CC(c2scc3c2CCCC3)N=CN1.Cc1sc(C2C=CNC=N2)c2c1CCCC2.Clc1ccc2c(-c3ccncn3)scc2c1.Clc1ccc2csc(-c3ccncn3)c2c1.c1ccc2c(-c3ccncn3)scc2c1. The van der Waals surface area contributed by atoms with Crippen LogP contribution in [0.25, 0.3) is 64.0 Å². The van der Waals surface area contributed by atoms with Crippen molar-refractivity contribution in [3.05, 3.63) is 209 Å². The topological polar surface area (TPSA) is 126 Å². The first-order valence-electron chi connectivity index (χ1n) is 25.6. The lowest BCUT2D eigenvalue weighted by atomic mass is 9.91. The molecule has 10 nitrogen and oxygen atoms in total. The molecule has 4 aliphatic rings. The van der Waals surface area contributed by atoms with E-state index in [-0.39, 0.29) is 12.1 Å². The van der Waals surface area contributed by atoms with Crippen molar-refractivity contribution < 1.29 is 0 Å². The minimum atomic E-state index is 0.256. The molecule has 3 aromatic carbocycles. The van der Waals surface area contributed by atoms with Crippen molar-refractivity contribution in [2.75, 3.05) is 0 Å². The summed E-state index contributed by atoms with van der Waals surface area (Å²) in [5.74, 6) is 0. The van der Waals surface area contributed by atoms with Crippen molar-refractivity contribution in [2.24, 2.45) is 9.98 Å². The number of nitrogens with one attached hydrogen (secondary N) is 2. The predicted molar refractivity (Wildman–Crippen MR) is 332 cm³/mol. The van der Waals surface area contributed by atoms with Crippen LogP contribution in [0.2, 0.25) is 10.0 Å². The molecule has 0 saturated carbocycles. The van der Waals surface area contributed by atoms with E-state index >= 15 is 0 Å². The van der Waals surface area contributed by atoms with Gasteiger partial charge in [0.15, 0.2) is 0 Å². The molecule has 0 bridgehead atoms. The molecular weight excluding hydrogens is 1100 g/mol. The highest BCUT2D eigenvalue weighted by atomic mass is 35.5. The van der Waals surface area contributed by atoms with E-state index in [2.05, 4.69) is 115 Å². The van der Waals surface area contributed by atoms with E-state index in [4.69, 9.17) is 23.2 Å². The summed E-state index contributed by atoms with van der Waals surface area (Å²) >= 11 is 20.9. The van der Waals surface area contributed by atoms with Gasteiger partial charge in [-0.25, -0.2) is 29.9 Å². The second kappa shape index (κ2) is 25.8. The lowest BCUT2D eigenvalue weighted by Gasteiger charge is -2.16. The van der Waals surface area contributed by atoms with Gasteiger partial charge in [-0.05, 0) is 173 Å². The van der Waals surface area contributed by atoms with Gasteiger partial charge in [-0.15, -0.1) is 56.7 Å². The normalized spacial score (nSPS) is 15.7. The van der Waals surface area contributed by atoms with Crippen molar-refractivity contribution in [3.63, 3.8) is 0 Å². The number of nitrogens with zero attached hydrogens (tertiary/aromatic N) is 8. The predicted octanol–water partition coefficient (Wildman–Crippen LogP) is 17.3. The molecular formula is C61H52Cl2N10S5. The molecule has 17 heteroatoms. The van der Waals surface area contributed by atoms with E-state index in [9.17, 15) is 0 Å². The summed E-state index contributed by atoms with van der Waals surface area (Å²) in [5.41, 5.74) is 9.27. The molecule has 2 aliphatic carbocycles. The molecule has 390 valence electrons. The Morgan fingerprint density at radius 1 is 0.487 bits per heavy atom. The van der Waals surface area contributed by atoms with Gasteiger partial charge in [0.25, 0.3) is 0 Å². The van der Waals surface area contributed by atoms with Crippen LogP contribution in [-0.4, -0.2) is 42.6 Å². The second-order valence-electron chi connectivity index (χ2n) is 18.5. The Morgan fingerprint density at radius 2 is 1.01 bits per heavy atom. The van der Waals surface area contributed by atoms with Crippen LogP contribution in [0.15, 0.2) is 172 Å². The summed E-state index contributed by atoms with van der Waals surface area (Å²) in [6.07, 6.45) is 32.3. The average Bonchev–Trinajstić information content (AvgIpc) is 4.41. The molecule has 2 N–H and O–H groups in total. The largest absolute Gasteiger partial charge is 0.353 e. The highest BCUT2D eigenvalue weighted by Crippen LogP contribution is 2.41. The van der Waals surface area contributed by atoms with Gasteiger partial charge in [0, 0.05) is 71.8 Å². The fraction of sp³-hybridized carbons (Fsp3) is 0.180. The monoisotopic (exact) mass is 1150 g/mol. The van der Waals surface area contributed by atoms with Gasteiger partial charge in [-0.1, -0.05) is 59.6 Å². The Bertz CT molecular complexity index is 3880. The molecule has 0 amide bonds. The van der Waals surface area contributed by atoms with E-state index in [1.807, 2.05) is 89.7 Å². The summed E-state index contributed by atoms with van der Waals surface area (Å²) < 4.78 is 0. The number of aromatic nitrogens is 6. The van der Waals surface area contributed by atoms with E-state index < -0.39 is 0 Å². The molecule has 15 rings (SSSR count). The summed E-state index contributed by atoms with van der Waals surface area (Å²) in [7, 11) is 0. The van der Waals surface area contributed by atoms with Gasteiger partial charge >= 0.3 is 0 Å². The maximum absolute atomic E-state index is 6.01. The number of aryl methyl sites for hydroxylation is 2. The number of thiophene rings is 5. The van der Waals surface area contributed by atoms with E-state index in [1.54, 1.807) is 107 Å². The quantitative estimate of drug-likeness (QED) is 0.175. The molecule has 0 fully saturated rings. The van der Waals surface area contributed by atoms with Crippen LogP contribution in [0, 0.1) is 6.92 Å². The Morgan fingerprint density at radius 3 is 1.63 bits per heavy atom. The molecule has 2 aliphatic heterocycles. The fourth-order valence-electron chi connectivity index (χ4n) is 9.82. The highest BCUT2D eigenvalue weighted by Gasteiger charge is 2.24. The van der Waals surface area contributed by atoms with Crippen LogP contribution in [-0.2, 0) is 25.7 Å². The van der Waals surface area contributed by atoms with Gasteiger partial charge < -0.3 is 10.6 Å². The number of hydrogen-bond acceptors (Lipinski definition) is 15. The summed E-state index contributed by atoms with van der Waals surface area (Å²) in [5, 5.41) is 23.4. The third kappa shape index (κ3) is 12.5. The van der Waals surface area contributed by atoms with Gasteiger partial charge in [-0.3, -0.25) is 9.98 Å². The third-order valence-corrected chi connectivity index (χ3v) is 19.6. The van der Waals surface area contributed by atoms with Crippen molar-refractivity contribution in [2.45, 2.75) is 70.4 Å². The van der Waals surface area contributed by atoms with Gasteiger partial charge in [0.05, 0.1) is 44.4 Å². The van der Waals surface area contributed by atoms with Crippen LogP contribution in [0.3, 0.4) is 0 Å². The maximum Gasteiger partial charge on any atom is 0.116 e. The first-order valence-corrected chi connectivity index (χ1v) is 30.7. The minimum Gasteiger partial charge on any atom is -0.353 e. The van der Waals surface area contributed by atoms with Gasteiger partial charge in [0.1, 0.15) is 31.1 Å². The van der Waals surface area contributed by atoms with Gasteiger partial charge in [0.2, 0.25) is 0 Å². The molecule has 10 heterocycles. The number of hydrogen-bond donors (Lipinski definition) is 2. The minimum absolute atomic E-state index is 0.256.